The van der Waals surface area contributed by atoms with E-state index in [1.165, 1.54) is 5.57 Å². The van der Waals surface area contributed by atoms with Crippen LogP contribution < -0.4 is 16.1 Å². The van der Waals surface area contributed by atoms with Gasteiger partial charge in [0.25, 0.3) is 0 Å². The third-order valence-corrected chi connectivity index (χ3v) is 8.47. The molecule has 0 bridgehead atoms. The summed E-state index contributed by atoms with van der Waals surface area (Å²) in [5.41, 5.74) is 5.32. The molecule has 7 rings (SSSR count). The minimum atomic E-state index is -0.426. The normalized spacial score (nSPS) is 17.7. The van der Waals surface area contributed by atoms with Crippen molar-refractivity contribution in [3.8, 4) is 22.8 Å². The molecule has 1 fully saturated rings. The number of rotatable bonds is 5. The lowest BCUT2D eigenvalue weighted by atomic mass is 9.78. The molecule has 40 heavy (non-hydrogen) atoms. The molecule has 0 radical (unpaired) electrons. The Balaban J connectivity index is 1.35. The van der Waals surface area contributed by atoms with Gasteiger partial charge in [0.1, 0.15) is 11.0 Å². The molecule has 0 saturated carbocycles. The lowest BCUT2D eigenvalue weighted by Gasteiger charge is -2.32. The van der Waals surface area contributed by atoms with Crippen LogP contribution in [0.25, 0.3) is 45.4 Å². The van der Waals surface area contributed by atoms with Gasteiger partial charge in [-0.3, -0.25) is 0 Å². The van der Waals surface area contributed by atoms with Gasteiger partial charge in [-0.25, -0.2) is 9.67 Å². The Morgan fingerprint density at radius 1 is 0.850 bits per heavy atom. The maximum atomic E-state index is 6.36. The van der Waals surface area contributed by atoms with Crippen LogP contribution in [0.4, 0.5) is 0 Å². The molecule has 0 atom stereocenters. The molecule has 6 nitrogen and oxygen atoms in total. The topological polar surface area (TPSA) is 62.3 Å². The minimum absolute atomic E-state index is 0.398. The average molecular weight is 529 g/mol. The zero-order valence-corrected chi connectivity index (χ0v) is 23.3. The van der Waals surface area contributed by atoms with Crippen molar-refractivity contribution in [3.63, 3.8) is 0 Å². The highest BCUT2D eigenvalue weighted by Gasteiger charge is 2.51. The molecule has 3 aromatic carbocycles. The fourth-order valence-electron chi connectivity index (χ4n) is 5.57. The molecule has 0 amide bonds. The van der Waals surface area contributed by atoms with Gasteiger partial charge in [0, 0.05) is 21.7 Å². The van der Waals surface area contributed by atoms with Gasteiger partial charge in [-0.15, -0.1) is 0 Å². The molecular formula is C33H32BN3O3. The highest BCUT2D eigenvalue weighted by atomic mass is 16.7. The van der Waals surface area contributed by atoms with Crippen molar-refractivity contribution in [3.05, 3.63) is 89.5 Å². The zero-order valence-electron chi connectivity index (χ0n) is 23.3. The van der Waals surface area contributed by atoms with Crippen LogP contribution in [0, 0.1) is 0 Å². The summed E-state index contributed by atoms with van der Waals surface area (Å²) >= 11 is 0. The number of benzene rings is 3. The fraction of sp³-hybridized carbons (Fsp3) is 0.273. The van der Waals surface area contributed by atoms with E-state index in [9.17, 15) is 0 Å². The van der Waals surface area contributed by atoms with Crippen molar-refractivity contribution in [1.82, 2.24) is 14.8 Å². The molecule has 2 aliphatic rings. The third-order valence-electron chi connectivity index (χ3n) is 8.47. The standard InChI is InChI=1S/C33H32BN3O3/c1-32(2)33(3,4)40-34(39-32)25-18-19-27-26(20-25)29-24(16-11-17-28(29)38-27)21-37-31(23-14-9-6-10-15-23)35-30(36-37)22-12-7-5-8-13-22/h5-10,12-15,17-20H,11,16,21H2,1-4H3. The van der Waals surface area contributed by atoms with Crippen LogP contribution in [0.5, 0.6) is 0 Å². The monoisotopic (exact) mass is 529 g/mol. The Morgan fingerprint density at radius 3 is 2.23 bits per heavy atom. The minimum Gasteiger partial charge on any atom is -0.456 e. The Hall–Kier alpha value is -3.94. The Morgan fingerprint density at radius 2 is 1.52 bits per heavy atom. The van der Waals surface area contributed by atoms with Crippen molar-refractivity contribution in [2.75, 3.05) is 0 Å². The largest absolute Gasteiger partial charge is 0.494 e. The molecule has 7 heteroatoms. The van der Waals surface area contributed by atoms with E-state index in [4.69, 9.17) is 23.8 Å². The second kappa shape index (κ2) is 9.32. The lowest BCUT2D eigenvalue weighted by molar-refractivity contribution is 0.00578. The number of furan rings is 1. The summed E-state index contributed by atoms with van der Waals surface area (Å²) in [5, 5.41) is 7.23. The van der Waals surface area contributed by atoms with Gasteiger partial charge in [-0.05, 0) is 63.7 Å². The van der Waals surface area contributed by atoms with Crippen molar-refractivity contribution in [1.29, 1.82) is 0 Å². The summed E-state index contributed by atoms with van der Waals surface area (Å²) in [6.45, 7) is 8.95. The molecule has 5 aromatic rings. The number of nitrogens with zero attached hydrogens (tertiary/aromatic N) is 3. The maximum Gasteiger partial charge on any atom is 0.494 e. The molecule has 1 saturated heterocycles. The molecule has 1 aliphatic heterocycles. The van der Waals surface area contributed by atoms with Crippen LogP contribution in [-0.2, 0) is 15.9 Å². The predicted octanol–water partition coefficient (Wildman–Crippen LogP) is 5.08. The third kappa shape index (κ3) is 4.21. The molecule has 3 heterocycles. The number of fused-ring (bicyclic) bond motifs is 3. The first kappa shape index (κ1) is 25.1. The molecule has 1 aliphatic carbocycles. The first-order valence-electron chi connectivity index (χ1n) is 14.0. The van der Waals surface area contributed by atoms with E-state index >= 15 is 0 Å². The molecule has 0 spiro atoms. The molecule has 200 valence electrons. The van der Waals surface area contributed by atoms with E-state index in [-0.39, 0.29) is 0 Å². The van der Waals surface area contributed by atoms with Gasteiger partial charge >= 0.3 is 7.12 Å². The van der Waals surface area contributed by atoms with Crippen LogP contribution in [0.3, 0.4) is 0 Å². The van der Waals surface area contributed by atoms with Crippen LogP contribution in [0.2, 0.25) is 0 Å². The predicted molar refractivity (Wildman–Crippen MR) is 159 cm³/mol. The Bertz CT molecular complexity index is 1820. The molecule has 0 unspecified atom stereocenters. The van der Waals surface area contributed by atoms with Gasteiger partial charge in [-0.1, -0.05) is 72.8 Å². The SMILES string of the molecule is CC1(C)OB(c2ccc3oc4c(c3c2)=C(Cn2nc(-c3ccccc3)nc2-c2ccccc2)CCC=4)OC1(C)C. The van der Waals surface area contributed by atoms with E-state index in [2.05, 4.69) is 70.2 Å². The number of hydrogen-bond acceptors (Lipinski definition) is 5. The van der Waals surface area contributed by atoms with E-state index in [0.29, 0.717) is 6.54 Å². The first-order chi connectivity index (χ1) is 19.3. The van der Waals surface area contributed by atoms with Crippen molar-refractivity contribution < 1.29 is 13.7 Å². The maximum absolute atomic E-state index is 6.36. The first-order valence-corrected chi connectivity index (χ1v) is 14.0. The second-order valence-electron chi connectivity index (χ2n) is 11.7. The van der Waals surface area contributed by atoms with E-state index < -0.39 is 18.3 Å². The van der Waals surface area contributed by atoms with Crippen LogP contribution in [0.1, 0.15) is 40.5 Å². The van der Waals surface area contributed by atoms with Crippen molar-refractivity contribution in [2.45, 2.75) is 58.3 Å². The van der Waals surface area contributed by atoms with Gasteiger partial charge in [0.15, 0.2) is 11.6 Å². The van der Waals surface area contributed by atoms with Gasteiger partial charge in [0.05, 0.1) is 17.7 Å². The summed E-state index contributed by atoms with van der Waals surface area (Å²) < 4.78 is 21.1. The van der Waals surface area contributed by atoms with Crippen molar-refractivity contribution >= 4 is 35.2 Å². The van der Waals surface area contributed by atoms with Gasteiger partial charge < -0.3 is 13.7 Å². The highest BCUT2D eigenvalue weighted by molar-refractivity contribution is 6.62. The Kier molecular flexibility index (Phi) is 5.84. The summed E-state index contributed by atoms with van der Waals surface area (Å²) in [7, 11) is -0.426. The fourth-order valence-corrected chi connectivity index (χ4v) is 5.57. The zero-order chi connectivity index (χ0) is 27.5. The van der Waals surface area contributed by atoms with Gasteiger partial charge in [-0.2, -0.15) is 5.10 Å². The van der Waals surface area contributed by atoms with Crippen LogP contribution in [-0.4, -0.2) is 33.1 Å². The summed E-state index contributed by atoms with van der Waals surface area (Å²) in [6, 6.07) is 26.7. The summed E-state index contributed by atoms with van der Waals surface area (Å²) in [4.78, 5) is 4.99. The summed E-state index contributed by atoms with van der Waals surface area (Å²) in [5.74, 6) is 1.58. The Labute approximate surface area is 234 Å². The molecular weight excluding hydrogens is 497 g/mol. The van der Waals surface area contributed by atoms with Gasteiger partial charge in [0.2, 0.25) is 0 Å². The average Bonchev–Trinajstić information content (AvgIpc) is 3.61. The van der Waals surface area contributed by atoms with E-state index in [1.54, 1.807) is 0 Å². The second-order valence-corrected chi connectivity index (χ2v) is 11.7. The lowest BCUT2D eigenvalue weighted by Crippen LogP contribution is -2.41. The van der Waals surface area contributed by atoms with E-state index in [0.717, 1.165) is 62.7 Å². The van der Waals surface area contributed by atoms with E-state index in [1.807, 2.05) is 47.1 Å². The summed E-state index contributed by atoms with van der Waals surface area (Å²) in [6.07, 6.45) is 4.05. The molecule has 2 aromatic heterocycles. The van der Waals surface area contributed by atoms with Crippen LogP contribution in [0.15, 0.2) is 83.3 Å². The number of aromatic nitrogens is 3. The smallest absolute Gasteiger partial charge is 0.456 e. The van der Waals surface area contributed by atoms with Crippen LogP contribution >= 0.6 is 0 Å². The van der Waals surface area contributed by atoms with Crippen molar-refractivity contribution in [2.24, 2.45) is 0 Å². The molecule has 0 N–H and O–H groups in total. The highest BCUT2D eigenvalue weighted by Crippen LogP contribution is 2.36. The quantitative estimate of drug-likeness (QED) is 0.297. The number of hydrogen-bond donors (Lipinski definition) is 0.